The van der Waals surface area contributed by atoms with E-state index >= 15 is 0 Å². The lowest BCUT2D eigenvalue weighted by atomic mass is 9.79. The molecule has 226 valence electrons. The van der Waals surface area contributed by atoms with Gasteiger partial charge in [-0.3, -0.25) is 0 Å². The number of anilines is 5. The van der Waals surface area contributed by atoms with Crippen LogP contribution in [0.15, 0.2) is 152 Å². The van der Waals surface area contributed by atoms with Crippen molar-refractivity contribution < 1.29 is 0 Å². The molecule has 45 heavy (non-hydrogen) atoms. The van der Waals surface area contributed by atoms with Gasteiger partial charge in [-0.05, 0) is 96.3 Å². The van der Waals surface area contributed by atoms with Crippen LogP contribution in [0.4, 0.5) is 28.4 Å². The Hall–Kier alpha value is -4.82. The Kier molecular flexibility index (Phi) is 8.50. The molecule has 0 spiro atoms. The molecule has 0 heterocycles. The smallest absolute Gasteiger partial charge is 0.0672 e. The summed E-state index contributed by atoms with van der Waals surface area (Å²) in [6, 6.07) is 55.1. The Morgan fingerprint density at radius 1 is 0.444 bits per heavy atom. The van der Waals surface area contributed by atoms with Gasteiger partial charge in [0.1, 0.15) is 0 Å². The fourth-order valence-corrected chi connectivity index (χ4v) is 6.42. The summed E-state index contributed by atoms with van der Waals surface area (Å²) in [5.41, 5.74) is 8.33. The van der Waals surface area contributed by atoms with Crippen LogP contribution in [0.1, 0.15) is 58.6 Å². The number of para-hydroxylation sites is 2. The van der Waals surface area contributed by atoms with Crippen molar-refractivity contribution in [3.8, 4) is 0 Å². The van der Waals surface area contributed by atoms with E-state index in [0.29, 0.717) is 0 Å². The first-order valence-electron chi connectivity index (χ1n) is 16.2. The highest BCUT2D eigenvalue weighted by molar-refractivity contribution is 5.97. The number of fused-ring (bicyclic) bond motifs is 1. The third kappa shape index (κ3) is 5.85. The number of nitrogens with zero attached hydrogens (tertiary/aromatic N) is 2. The molecule has 0 aliphatic rings. The molecule has 0 radical (unpaired) electrons. The van der Waals surface area contributed by atoms with Crippen molar-refractivity contribution in [1.82, 2.24) is 0 Å². The first-order valence-corrected chi connectivity index (χ1v) is 16.2. The fourth-order valence-electron chi connectivity index (χ4n) is 6.42. The lowest BCUT2D eigenvalue weighted by Gasteiger charge is -2.44. The molecule has 1 unspecified atom stereocenters. The molecule has 6 aromatic rings. The number of benzene rings is 6. The third-order valence-corrected chi connectivity index (χ3v) is 9.76. The lowest BCUT2D eigenvalue weighted by Crippen LogP contribution is -2.40. The summed E-state index contributed by atoms with van der Waals surface area (Å²) in [5.74, 6) is 0. The predicted octanol–water partition coefficient (Wildman–Crippen LogP) is 12.5. The molecule has 0 aromatic heterocycles. The minimum Gasteiger partial charge on any atom is -0.331 e. The van der Waals surface area contributed by atoms with Crippen molar-refractivity contribution in [2.24, 2.45) is 0 Å². The highest BCUT2D eigenvalue weighted by Crippen LogP contribution is 2.46. The molecule has 0 aliphatic heterocycles. The largest absolute Gasteiger partial charge is 0.331 e. The molecule has 0 aliphatic carbocycles. The van der Waals surface area contributed by atoms with Gasteiger partial charge in [0.2, 0.25) is 0 Å². The van der Waals surface area contributed by atoms with E-state index in [9.17, 15) is 0 Å². The number of rotatable bonds is 10. The van der Waals surface area contributed by atoms with Crippen molar-refractivity contribution in [1.29, 1.82) is 0 Å². The molecule has 0 amide bonds. The molecule has 0 bridgehead atoms. The normalized spacial score (nSPS) is 12.9. The zero-order valence-corrected chi connectivity index (χ0v) is 27.2. The van der Waals surface area contributed by atoms with E-state index in [-0.39, 0.29) is 11.0 Å². The minimum atomic E-state index is -0.293. The molecule has 0 saturated carbocycles. The van der Waals surface area contributed by atoms with Crippen molar-refractivity contribution in [2.75, 3.05) is 9.80 Å². The second-order valence-electron chi connectivity index (χ2n) is 12.8. The van der Waals surface area contributed by atoms with E-state index in [2.05, 4.69) is 196 Å². The van der Waals surface area contributed by atoms with E-state index < -0.39 is 0 Å². The second kappa shape index (κ2) is 12.7. The van der Waals surface area contributed by atoms with Crippen LogP contribution in [0.3, 0.4) is 0 Å². The van der Waals surface area contributed by atoms with Gasteiger partial charge in [-0.15, -0.1) is 0 Å². The minimum absolute atomic E-state index is 0.148. The van der Waals surface area contributed by atoms with Crippen LogP contribution in [0.5, 0.6) is 0 Å². The van der Waals surface area contributed by atoms with Gasteiger partial charge in [-0.1, -0.05) is 125 Å². The van der Waals surface area contributed by atoms with Gasteiger partial charge in [0, 0.05) is 33.8 Å². The topological polar surface area (TPSA) is 6.48 Å². The summed E-state index contributed by atoms with van der Waals surface area (Å²) in [6.07, 6.45) is 2.05. The van der Waals surface area contributed by atoms with E-state index in [1.54, 1.807) is 0 Å². The fraction of sp³-hybridized carbons (Fsp3) is 0.209. The quantitative estimate of drug-likeness (QED) is 0.157. The van der Waals surface area contributed by atoms with Crippen LogP contribution in [0, 0.1) is 0 Å². The van der Waals surface area contributed by atoms with Gasteiger partial charge in [-0.25, -0.2) is 0 Å². The van der Waals surface area contributed by atoms with Crippen molar-refractivity contribution in [3.63, 3.8) is 0 Å². The molecular weight excluding hydrogens is 544 g/mol. The molecule has 0 N–H and O–H groups in total. The molecule has 6 aromatic carbocycles. The molecule has 2 heteroatoms. The molecule has 0 fully saturated rings. The van der Waals surface area contributed by atoms with E-state index in [4.69, 9.17) is 0 Å². The lowest BCUT2D eigenvalue weighted by molar-refractivity contribution is 0.462. The van der Waals surface area contributed by atoms with Gasteiger partial charge >= 0.3 is 0 Å². The Labute approximate surface area is 269 Å². The zero-order valence-electron chi connectivity index (χ0n) is 27.2. The van der Waals surface area contributed by atoms with E-state index in [1.807, 2.05) is 0 Å². The number of hydrogen-bond donors (Lipinski definition) is 0. The first-order chi connectivity index (χ1) is 21.9. The van der Waals surface area contributed by atoms with Gasteiger partial charge < -0.3 is 9.80 Å². The second-order valence-corrected chi connectivity index (χ2v) is 12.8. The van der Waals surface area contributed by atoms with Crippen LogP contribution in [0.2, 0.25) is 0 Å². The van der Waals surface area contributed by atoms with Crippen LogP contribution in [0.25, 0.3) is 10.8 Å². The Morgan fingerprint density at radius 3 is 1.51 bits per heavy atom. The zero-order chi connectivity index (χ0) is 31.4. The summed E-state index contributed by atoms with van der Waals surface area (Å²) in [6.45, 7) is 11.6. The average Bonchev–Trinajstić information content (AvgIpc) is 3.10. The van der Waals surface area contributed by atoms with Crippen LogP contribution >= 0.6 is 0 Å². The van der Waals surface area contributed by atoms with Crippen LogP contribution in [-0.2, 0) is 11.0 Å². The third-order valence-electron chi connectivity index (χ3n) is 9.76. The Balaban J connectivity index is 1.50. The first kappa shape index (κ1) is 30.2. The summed E-state index contributed by atoms with van der Waals surface area (Å²) in [5, 5.41) is 2.50. The Morgan fingerprint density at radius 2 is 0.933 bits per heavy atom. The maximum atomic E-state index is 2.56. The van der Waals surface area contributed by atoms with Crippen LogP contribution in [-0.4, -0.2) is 0 Å². The highest BCUT2D eigenvalue weighted by atomic mass is 15.2. The molecule has 0 saturated heterocycles. The predicted molar refractivity (Wildman–Crippen MR) is 195 cm³/mol. The molecule has 1 atom stereocenters. The Bertz CT molecular complexity index is 1800. The van der Waals surface area contributed by atoms with Gasteiger partial charge in [0.15, 0.2) is 0 Å². The molecular formula is C43H44N2. The van der Waals surface area contributed by atoms with Gasteiger partial charge in [0.05, 0.1) is 5.54 Å². The SMILES string of the molecule is CCC(C)(C)c1ccc(C(C)(CC)N(c2ccc(N(c3ccccc3)c3ccccc3)cc2)c2cccc3ccccc23)cc1. The van der Waals surface area contributed by atoms with Gasteiger partial charge in [0.25, 0.3) is 0 Å². The monoisotopic (exact) mass is 588 g/mol. The maximum Gasteiger partial charge on any atom is 0.0672 e. The average molecular weight is 589 g/mol. The molecule has 2 nitrogen and oxygen atoms in total. The summed E-state index contributed by atoms with van der Waals surface area (Å²) in [7, 11) is 0. The maximum absolute atomic E-state index is 2.56. The van der Waals surface area contributed by atoms with E-state index in [0.717, 1.165) is 29.9 Å². The standard InChI is InChI=1S/C43H44N2/c1-6-42(3,4)34-25-27-35(28-26-34)43(5,7-2)45(41-24-16-18-33-17-14-15-23-40(33)41)39-31-29-38(30-32-39)44(36-19-10-8-11-20-36)37-21-12-9-13-22-37/h8-32H,6-7H2,1-5H3. The van der Waals surface area contributed by atoms with Gasteiger partial charge in [-0.2, -0.15) is 0 Å². The summed E-state index contributed by atoms with van der Waals surface area (Å²) < 4.78 is 0. The summed E-state index contributed by atoms with van der Waals surface area (Å²) >= 11 is 0. The van der Waals surface area contributed by atoms with Crippen molar-refractivity contribution in [3.05, 3.63) is 163 Å². The van der Waals surface area contributed by atoms with E-state index in [1.165, 1.54) is 33.3 Å². The highest BCUT2D eigenvalue weighted by Gasteiger charge is 2.35. The van der Waals surface area contributed by atoms with Crippen molar-refractivity contribution in [2.45, 2.75) is 58.4 Å². The summed E-state index contributed by atoms with van der Waals surface area (Å²) in [4.78, 5) is 4.88. The van der Waals surface area contributed by atoms with Crippen LogP contribution < -0.4 is 9.80 Å². The number of hydrogen-bond acceptors (Lipinski definition) is 2. The molecule has 6 rings (SSSR count). The van der Waals surface area contributed by atoms with Crippen molar-refractivity contribution >= 4 is 39.2 Å².